The van der Waals surface area contributed by atoms with E-state index in [1.807, 2.05) is 121 Å². The topological polar surface area (TPSA) is 142 Å². The third kappa shape index (κ3) is 10.9. The summed E-state index contributed by atoms with van der Waals surface area (Å²) in [5, 5.41) is 6.52. The highest BCUT2D eigenvalue weighted by molar-refractivity contribution is 6.17. The smallest absolute Gasteiger partial charge is 0.0978 e. The molecule has 0 bridgehead atoms. The molecule has 7 aromatic carbocycles. The summed E-state index contributed by atoms with van der Waals surface area (Å²) in [5.74, 6) is 0. The number of hydrogen-bond acceptors (Lipinski definition) is 11. The van der Waals surface area contributed by atoms with E-state index in [0.717, 1.165) is 161 Å². The Morgan fingerprint density at radius 1 is 0.177 bits per heavy atom. The van der Waals surface area contributed by atoms with Crippen LogP contribution in [0.5, 0.6) is 0 Å². The molecule has 18 rings (SSSR count). The van der Waals surface area contributed by atoms with Crippen LogP contribution in [0.4, 0.5) is 0 Å². The Balaban J connectivity index is 0.000000145. The Bertz CT molecular complexity index is 5430. The van der Waals surface area contributed by atoms with Crippen molar-refractivity contribution in [3.63, 3.8) is 0 Å². The monoisotopic (exact) mass is 1230 g/mol. The van der Waals surface area contributed by atoms with Gasteiger partial charge in [-0.1, -0.05) is 188 Å². The van der Waals surface area contributed by atoms with Gasteiger partial charge in [0.2, 0.25) is 0 Å². The highest BCUT2D eigenvalue weighted by Gasteiger charge is 2.19. The van der Waals surface area contributed by atoms with Crippen LogP contribution >= 0.6 is 0 Å². The molecule has 0 aliphatic rings. The number of hydrogen-bond donors (Lipinski definition) is 0. The van der Waals surface area contributed by atoms with Crippen molar-refractivity contribution in [3.8, 4) is 113 Å². The summed E-state index contributed by atoms with van der Waals surface area (Å²) in [4.78, 5) is 53.7. The number of benzene rings is 7. The van der Waals surface area contributed by atoms with Crippen LogP contribution in [0.1, 0.15) is 0 Å². The minimum absolute atomic E-state index is 0.774. The molecule has 11 heteroatoms. The summed E-state index contributed by atoms with van der Waals surface area (Å²) in [5.41, 5.74) is 24.0. The quantitative estimate of drug-likeness (QED) is 0.0954. The van der Waals surface area contributed by atoms with Gasteiger partial charge >= 0.3 is 0 Å². The maximum atomic E-state index is 5.24. The van der Waals surface area contributed by atoms with Gasteiger partial charge in [0.15, 0.2) is 0 Å². The van der Waals surface area contributed by atoms with Gasteiger partial charge in [0.05, 0.1) is 95.7 Å². The summed E-state index contributed by atoms with van der Waals surface area (Å²) in [6.07, 6.45) is 9.03. The molecular formula is C85H53N11. The first-order valence-electron chi connectivity index (χ1n) is 31.7. The van der Waals surface area contributed by atoms with Crippen LogP contribution < -0.4 is 0 Å². The van der Waals surface area contributed by atoms with E-state index < -0.39 is 0 Å². The molecule has 11 aromatic heterocycles. The molecule has 0 saturated carbocycles. The van der Waals surface area contributed by atoms with Crippen LogP contribution in [0, 0.1) is 0 Å². The van der Waals surface area contributed by atoms with Gasteiger partial charge in [-0.3, -0.25) is 24.9 Å². The minimum atomic E-state index is 0.774. The molecule has 18 aromatic rings. The average Bonchev–Trinajstić information content (AvgIpc) is 0.752. The van der Waals surface area contributed by atoms with Gasteiger partial charge in [-0.2, -0.15) is 0 Å². The number of aromatic nitrogens is 11. The Kier molecular flexibility index (Phi) is 14.6. The number of fused-ring (bicyclic) bond motifs is 8. The lowest BCUT2D eigenvalue weighted by molar-refractivity contribution is 1.22. The van der Waals surface area contributed by atoms with Crippen molar-refractivity contribution < 1.29 is 0 Å². The molecule has 0 saturated heterocycles. The zero-order valence-electron chi connectivity index (χ0n) is 51.5. The molecule has 0 spiro atoms. The molecule has 448 valence electrons. The zero-order valence-corrected chi connectivity index (χ0v) is 51.5. The van der Waals surface area contributed by atoms with Crippen LogP contribution in [0.3, 0.4) is 0 Å². The SMILES string of the molecule is c1ccc(-c2c3ccccc3nc3c2ccc2ccc(-c4ccc(-c5cc(-c6ccccn6)nc(-c6ccccn6)c5)cc4)nc23)cc1.c1ccc(-c2c3ccccc3nc3c2ccc2ccc(-c4ccc(-c5cc(-c6ccccn6)nc(-c6ccccn6)c5)cn4)nc23)cc1. The molecule has 0 fully saturated rings. The van der Waals surface area contributed by atoms with Crippen molar-refractivity contribution >= 4 is 65.4 Å². The van der Waals surface area contributed by atoms with Crippen LogP contribution in [-0.2, 0) is 0 Å². The molecule has 11 heterocycles. The van der Waals surface area contributed by atoms with E-state index in [2.05, 4.69) is 196 Å². The van der Waals surface area contributed by atoms with Gasteiger partial charge in [0.1, 0.15) is 0 Å². The van der Waals surface area contributed by atoms with Crippen LogP contribution in [0.25, 0.3) is 178 Å². The predicted octanol–water partition coefficient (Wildman–Crippen LogP) is 20.3. The van der Waals surface area contributed by atoms with E-state index in [1.165, 1.54) is 16.7 Å². The van der Waals surface area contributed by atoms with E-state index in [0.29, 0.717) is 0 Å². The van der Waals surface area contributed by atoms with E-state index in [1.54, 1.807) is 24.8 Å². The molecule has 0 radical (unpaired) electrons. The fourth-order valence-electron chi connectivity index (χ4n) is 12.7. The first-order chi connectivity index (χ1) is 47.6. The van der Waals surface area contributed by atoms with Gasteiger partial charge in [0, 0.05) is 85.6 Å². The summed E-state index contributed by atoms with van der Waals surface area (Å²) in [6.45, 7) is 0. The fraction of sp³-hybridized carbons (Fsp3) is 0. The molecular weight excluding hydrogens is 1180 g/mol. The number of rotatable bonds is 10. The first-order valence-corrected chi connectivity index (χ1v) is 31.7. The molecule has 0 N–H and O–H groups in total. The maximum absolute atomic E-state index is 5.24. The zero-order chi connectivity index (χ0) is 63.7. The van der Waals surface area contributed by atoms with E-state index in [4.69, 9.17) is 34.9 Å². The second-order valence-corrected chi connectivity index (χ2v) is 23.3. The standard InChI is InChI=1S/C43H27N5.C42H26N6/c1-2-10-30(11-3-1)41-33-12-4-5-13-36(33)48-43-34(41)22-20-31-21-23-35(47-42(31)43)29-18-16-28(17-19-29)32-26-39(37-14-6-8-24-44-37)46-40(27-32)38-15-7-9-25-45-38;1-2-10-27(11-3-1)40-31-12-4-5-13-33(31)47-42-32(40)19-16-28-17-21-37(48-41(28)42)36-20-18-29(26-45-36)30-24-38(34-14-6-8-22-43-34)46-39(25-30)35-15-7-9-23-44-35/h1-27H;1-26H. The van der Waals surface area contributed by atoms with E-state index in [9.17, 15) is 0 Å². The third-order valence-electron chi connectivity index (χ3n) is 17.4. The summed E-state index contributed by atoms with van der Waals surface area (Å²) in [6, 6.07) is 99.1. The van der Waals surface area contributed by atoms with Crippen molar-refractivity contribution in [1.82, 2.24) is 54.8 Å². The Morgan fingerprint density at radius 2 is 0.542 bits per heavy atom. The van der Waals surface area contributed by atoms with Gasteiger partial charge < -0.3 is 0 Å². The summed E-state index contributed by atoms with van der Waals surface area (Å²) < 4.78 is 0. The second-order valence-electron chi connectivity index (χ2n) is 23.3. The second kappa shape index (κ2) is 24.8. The van der Waals surface area contributed by atoms with Gasteiger partial charge in [0.25, 0.3) is 0 Å². The van der Waals surface area contributed by atoms with Crippen molar-refractivity contribution in [2.75, 3.05) is 0 Å². The first kappa shape index (κ1) is 56.7. The minimum Gasteiger partial charge on any atom is -0.255 e. The molecule has 0 aliphatic heterocycles. The molecule has 0 amide bonds. The van der Waals surface area contributed by atoms with Crippen LogP contribution in [-0.4, -0.2) is 54.8 Å². The lowest BCUT2D eigenvalue weighted by Crippen LogP contribution is -1.95. The molecule has 0 atom stereocenters. The molecule has 0 aliphatic carbocycles. The Labute approximate surface area is 552 Å². The number of pyridine rings is 11. The number of para-hydroxylation sites is 2. The van der Waals surface area contributed by atoms with Crippen LogP contribution in [0.2, 0.25) is 0 Å². The molecule has 96 heavy (non-hydrogen) atoms. The predicted molar refractivity (Wildman–Crippen MR) is 388 cm³/mol. The summed E-state index contributed by atoms with van der Waals surface area (Å²) in [7, 11) is 0. The van der Waals surface area contributed by atoms with Crippen molar-refractivity contribution in [2.45, 2.75) is 0 Å². The fourth-order valence-corrected chi connectivity index (χ4v) is 12.7. The van der Waals surface area contributed by atoms with Crippen LogP contribution in [0.15, 0.2) is 322 Å². The lowest BCUT2D eigenvalue weighted by atomic mass is 9.95. The van der Waals surface area contributed by atoms with Crippen molar-refractivity contribution in [3.05, 3.63) is 322 Å². The number of nitrogens with zero attached hydrogens (tertiary/aromatic N) is 11. The molecule has 11 nitrogen and oxygen atoms in total. The summed E-state index contributed by atoms with van der Waals surface area (Å²) >= 11 is 0. The Morgan fingerprint density at radius 3 is 0.979 bits per heavy atom. The third-order valence-corrected chi connectivity index (χ3v) is 17.4. The van der Waals surface area contributed by atoms with E-state index in [-0.39, 0.29) is 0 Å². The van der Waals surface area contributed by atoms with Gasteiger partial charge in [-0.15, -0.1) is 0 Å². The molecule has 0 unspecified atom stereocenters. The maximum Gasteiger partial charge on any atom is 0.0978 e. The van der Waals surface area contributed by atoms with E-state index >= 15 is 0 Å². The Hall–Kier alpha value is -13.3. The van der Waals surface area contributed by atoms with Gasteiger partial charge in [-0.25, -0.2) is 29.9 Å². The van der Waals surface area contributed by atoms with Crippen molar-refractivity contribution in [2.24, 2.45) is 0 Å². The lowest BCUT2D eigenvalue weighted by Gasteiger charge is -2.13. The highest BCUT2D eigenvalue weighted by atomic mass is 14.8. The highest BCUT2D eigenvalue weighted by Crippen LogP contribution is 2.41. The normalized spacial score (nSPS) is 11.3. The van der Waals surface area contributed by atoms with Gasteiger partial charge in [-0.05, 0) is 131 Å². The van der Waals surface area contributed by atoms with Crippen molar-refractivity contribution in [1.29, 1.82) is 0 Å². The largest absolute Gasteiger partial charge is 0.255 e. The average molecular weight is 1230 g/mol.